The first-order chi connectivity index (χ1) is 11.7. The quantitative estimate of drug-likeness (QED) is 0.784. The molecule has 1 fully saturated rings. The van der Waals surface area contributed by atoms with Gasteiger partial charge in [-0.05, 0) is 11.6 Å². The van der Waals surface area contributed by atoms with Crippen LogP contribution >= 0.6 is 0 Å². The van der Waals surface area contributed by atoms with Crippen LogP contribution in [0, 0.1) is 0 Å². The molecule has 0 bridgehead atoms. The first-order valence-electron chi connectivity index (χ1n) is 7.68. The summed E-state index contributed by atoms with van der Waals surface area (Å²) in [6.07, 6.45) is 2.59. The lowest BCUT2D eigenvalue weighted by Crippen LogP contribution is -2.28. The van der Waals surface area contributed by atoms with Crippen molar-refractivity contribution in [3.8, 4) is 0 Å². The van der Waals surface area contributed by atoms with E-state index in [0.717, 1.165) is 16.3 Å². The lowest BCUT2D eigenvalue weighted by atomic mass is 10.2. The van der Waals surface area contributed by atoms with Crippen LogP contribution in [0.5, 0.6) is 0 Å². The molecule has 122 valence electrons. The van der Waals surface area contributed by atoms with E-state index in [9.17, 15) is 9.90 Å². The second-order valence-corrected chi connectivity index (χ2v) is 5.74. The van der Waals surface area contributed by atoms with E-state index >= 15 is 0 Å². The Morgan fingerprint density at radius 3 is 2.88 bits per heavy atom. The second-order valence-electron chi connectivity index (χ2n) is 5.74. The van der Waals surface area contributed by atoms with Crippen molar-refractivity contribution in [2.75, 3.05) is 13.2 Å². The molecule has 1 amide bonds. The molecule has 1 aromatic carbocycles. The van der Waals surface area contributed by atoms with Crippen molar-refractivity contribution in [3.05, 3.63) is 60.0 Å². The van der Waals surface area contributed by atoms with Gasteiger partial charge in [-0.15, -0.1) is 0 Å². The van der Waals surface area contributed by atoms with Gasteiger partial charge in [0.05, 0.1) is 25.0 Å². The highest BCUT2D eigenvalue weighted by molar-refractivity contribution is 5.95. The van der Waals surface area contributed by atoms with Crippen molar-refractivity contribution in [2.45, 2.75) is 12.6 Å². The van der Waals surface area contributed by atoms with E-state index < -0.39 is 6.10 Å². The minimum atomic E-state index is -0.643. The van der Waals surface area contributed by atoms with Crippen LogP contribution in [0.15, 0.2) is 48.9 Å². The van der Waals surface area contributed by atoms with Crippen molar-refractivity contribution in [2.24, 2.45) is 0 Å². The molecule has 0 spiro atoms. The van der Waals surface area contributed by atoms with Crippen LogP contribution in [0.4, 0.5) is 0 Å². The molecular weight excluding hydrogens is 308 g/mol. The van der Waals surface area contributed by atoms with Crippen molar-refractivity contribution >= 4 is 17.1 Å². The summed E-state index contributed by atoms with van der Waals surface area (Å²) in [5.74, 6) is -0.321. The van der Waals surface area contributed by atoms with Crippen molar-refractivity contribution < 1.29 is 14.7 Å². The third kappa shape index (κ3) is 2.75. The highest BCUT2D eigenvalue weighted by atomic mass is 16.7. The van der Waals surface area contributed by atoms with Gasteiger partial charge in [-0.3, -0.25) is 9.63 Å². The maximum absolute atomic E-state index is 12.3. The fourth-order valence-corrected chi connectivity index (χ4v) is 2.72. The summed E-state index contributed by atoms with van der Waals surface area (Å²) in [6.45, 7) is 0.964. The van der Waals surface area contributed by atoms with Gasteiger partial charge in [-0.1, -0.05) is 30.3 Å². The molecule has 7 heteroatoms. The summed E-state index contributed by atoms with van der Waals surface area (Å²) >= 11 is 0. The standard InChI is InChI=1S/C17H16N4O3/c22-14-9-21(24-10-14)17(23)13-6-15-16(18-7-13)20(11-19-15)8-12-4-2-1-3-5-12/h1-7,11,14,22H,8-10H2. The van der Waals surface area contributed by atoms with Gasteiger partial charge in [0, 0.05) is 6.20 Å². The minimum Gasteiger partial charge on any atom is -0.389 e. The number of hydrogen-bond donors (Lipinski definition) is 1. The molecule has 0 saturated carbocycles. The summed E-state index contributed by atoms with van der Waals surface area (Å²) < 4.78 is 1.94. The molecule has 24 heavy (non-hydrogen) atoms. The first kappa shape index (κ1) is 14.8. The van der Waals surface area contributed by atoms with Crippen LogP contribution in [0.2, 0.25) is 0 Å². The molecule has 4 rings (SSSR count). The predicted octanol–water partition coefficient (Wildman–Crippen LogP) is 1.23. The van der Waals surface area contributed by atoms with Gasteiger partial charge in [-0.2, -0.15) is 0 Å². The Labute approximate surface area is 138 Å². The predicted molar refractivity (Wildman–Crippen MR) is 86.1 cm³/mol. The Bertz CT molecular complexity index is 878. The van der Waals surface area contributed by atoms with E-state index in [1.54, 1.807) is 12.4 Å². The second kappa shape index (κ2) is 6.03. The lowest BCUT2D eigenvalue weighted by Gasteiger charge is -2.13. The number of aliphatic hydroxyl groups is 1. The average molecular weight is 324 g/mol. The van der Waals surface area contributed by atoms with Gasteiger partial charge >= 0.3 is 0 Å². The average Bonchev–Trinajstić information content (AvgIpc) is 3.21. The lowest BCUT2D eigenvalue weighted by molar-refractivity contribution is -0.0779. The molecule has 1 unspecified atom stereocenters. The zero-order valence-corrected chi connectivity index (χ0v) is 12.9. The summed E-state index contributed by atoms with van der Waals surface area (Å²) in [5, 5.41) is 10.6. The third-order valence-electron chi connectivity index (χ3n) is 3.92. The van der Waals surface area contributed by atoms with Gasteiger partial charge in [0.2, 0.25) is 0 Å². The molecule has 1 N–H and O–H groups in total. The maximum atomic E-state index is 12.3. The normalized spacial score (nSPS) is 17.5. The smallest absolute Gasteiger partial charge is 0.279 e. The zero-order valence-electron chi connectivity index (χ0n) is 12.9. The molecule has 3 aromatic rings. The van der Waals surface area contributed by atoms with Crippen LogP contribution in [0.25, 0.3) is 11.2 Å². The number of imidazole rings is 1. The summed E-state index contributed by atoms with van der Waals surface area (Å²) in [5.41, 5.74) is 2.91. The molecule has 2 aromatic heterocycles. The number of amides is 1. The van der Waals surface area contributed by atoms with Gasteiger partial charge in [-0.25, -0.2) is 15.0 Å². The van der Waals surface area contributed by atoms with Crippen LogP contribution < -0.4 is 0 Å². The highest BCUT2D eigenvalue weighted by Crippen LogP contribution is 2.17. The largest absolute Gasteiger partial charge is 0.389 e. The molecular formula is C17H16N4O3. The minimum absolute atomic E-state index is 0.132. The molecule has 3 heterocycles. The van der Waals surface area contributed by atoms with Crippen molar-refractivity contribution in [3.63, 3.8) is 0 Å². The molecule has 1 atom stereocenters. The number of rotatable bonds is 3. The summed E-state index contributed by atoms with van der Waals surface area (Å²) in [4.78, 5) is 26.2. The number of benzene rings is 1. The number of nitrogens with zero attached hydrogens (tertiary/aromatic N) is 4. The Balaban J connectivity index is 1.60. The molecule has 7 nitrogen and oxygen atoms in total. The van der Waals surface area contributed by atoms with Gasteiger partial charge in [0.25, 0.3) is 5.91 Å². The number of aliphatic hydroxyl groups excluding tert-OH is 1. The fourth-order valence-electron chi connectivity index (χ4n) is 2.72. The highest BCUT2D eigenvalue weighted by Gasteiger charge is 2.27. The van der Waals surface area contributed by atoms with E-state index in [1.165, 1.54) is 6.20 Å². The Morgan fingerprint density at radius 2 is 2.12 bits per heavy atom. The fraction of sp³-hybridized carbons (Fsp3) is 0.235. The van der Waals surface area contributed by atoms with Crippen LogP contribution in [0.1, 0.15) is 15.9 Å². The van der Waals surface area contributed by atoms with Crippen molar-refractivity contribution in [1.82, 2.24) is 19.6 Å². The number of carbonyl (C=O) groups is 1. The number of β-amino-alcohol motifs (C(OH)–C–C–N with tert-alkyl or cyclic N) is 1. The summed E-state index contributed by atoms with van der Waals surface area (Å²) in [6, 6.07) is 11.7. The van der Waals surface area contributed by atoms with Gasteiger partial charge < -0.3 is 9.67 Å². The number of hydroxylamine groups is 2. The Morgan fingerprint density at radius 1 is 1.29 bits per heavy atom. The molecule has 0 radical (unpaired) electrons. The van der Waals surface area contributed by atoms with E-state index in [1.807, 2.05) is 34.9 Å². The summed E-state index contributed by atoms with van der Waals surface area (Å²) in [7, 11) is 0. The van der Waals surface area contributed by atoms with E-state index in [0.29, 0.717) is 17.6 Å². The van der Waals surface area contributed by atoms with Crippen LogP contribution in [-0.2, 0) is 11.4 Å². The van der Waals surface area contributed by atoms with Gasteiger partial charge in [0.1, 0.15) is 18.2 Å². The third-order valence-corrected chi connectivity index (χ3v) is 3.92. The topological polar surface area (TPSA) is 80.5 Å². The van der Waals surface area contributed by atoms with Gasteiger partial charge in [0.15, 0.2) is 5.65 Å². The van der Waals surface area contributed by atoms with E-state index in [4.69, 9.17) is 4.84 Å². The maximum Gasteiger partial charge on any atom is 0.279 e. The number of hydrogen-bond acceptors (Lipinski definition) is 5. The Kier molecular flexibility index (Phi) is 3.72. The molecule has 0 aliphatic carbocycles. The van der Waals surface area contributed by atoms with E-state index in [2.05, 4.69) is 9.97 Å². The number of fused-ring (bicyclic) bond motifs is 1. The number of carbonyl (C=O) groups excluding carboxylic acids is 1. The molecule has 1 aliphatic rings. The molecule has 1 aliphatic heterocycles. The van der Waals surface area contributed by atoms with Crippen LogP contribution in [0.3, 0.4) is 0 Å². The Hall–Kier alpha value is -2.77. The molecule has 1 saturated heterocycles. The number of aromatic nitrogens is 3. The van der Waals surface area contributed by atoms with E-state index in [-0.39, 0.29) is 19.1 Å². The number of pyridine rings is 1. The zero-order chi connectivity index (χ0) is 16.5. The first-order valence-corrected chi connectivity index (χ1v) is 7.68. The van der Waals surface area contributed by atoms with Crippen molar-refractivity contribution in [1.29, 1.82) is 0 Å². The SMILES string of the molecule is O=C(c1cnc2c(c1)ncn2Cc1ccccc1)N1CC(O)CO1. The monoisotopic (exact) mass is 324 g/mol. The van der Waals surface area contributed by atoms with Crippen LogP contribution in [-0.4, -0.2) is 49.9 Å².